The normalized spacial score (nSPS) is 11.0. The zero-order valence-electron chi connectivity index (χ0n) is 16.1. The van der Waals surface area contributed by atoms with E-state index in [0.717, 1.165) is 10.5 Å². The summed E-state index contributed by atoms with van der Waals surface area (Å²) in [4.78, 5) is 41.0. The second-order valence-electron chi connectivity index (χ2n) is 6.75. The number of likely N-dealkylation sites (N-methyl/N-ethyl adjacent to an activating group) is 1. The Bertz CT molecular complexity index is 1340. The van der Waals surface area contributed by atoms with Crippen LogP contribution in [0.3, 0.4) is 0 Å². The quantitative estimate of drug-likeness (QED) is 0.499. The largest absolute Gasteiger partial charge is 0.383 e. The molecular formula is C20H19N7O3. The van der Waals surface area contributed by atoms with E-state index in [9.17, 15) is 14.4 Å². The van der Waals surface area contributed by atoms with E-state index in [2.05, 4.69) is 15.3 Å². The Morgan fingerprint density at radius 3 is 2.57 bits per heavy atom. The molecule has 0 bridgehead atoms. The van der Waals surface area contributed by atoms with E-state index in [0.29, 0.717) is 11.0 Å². The summed E-state index contributed by atoms with van der Waals surface area (Å²) in [5.74, 6) is -0.528. The predicted molar refractivity (Wildman–Crippen MR) is 112 cm³/mol. The maximum atomic E-state index is 12.9. The summed E-state index contributed by atoms with van der Waals surface area (Å²) in [5.41, 5.74) is 6.84. The van der Waals surface area contributed by atoms with Crippen LogP contribution in [0.5, 0.6) is 0 Å². The average Bonchev–Trinajstić information content (AvgIpc) is 3.14. The predicted octanol–water partition coefficient (Wildman–Crippen LogP) is 0.575. The molecule has 0 fully saturated rings. The lowest BCUT2D eigenvalue weighted by Gasteiger charge is -2.20. The molecule has 4 rings (SSSR count). The molecule has 0 aliphatic rings. The van der Waals surface area contributed by atoms with Gasteiger partial charge in [-0.05, 0) is 17.7 Å². The number of carbonyl (C=O) groups excluding carboxylic acids is 1. The zero-order chi connectivity index (χ0) is 21.3. The summed E-state index contributed by atoms with van der Waals surface area (Å²) < 4.78 is 2.67. The lowest BCUT2D eigenvalue weighted by atomic mass is 10.2. The lowest BCUT2D eigenvalue weighted by Crippen LogP contribution is -2.40. The number of aromatic nitrogens is 5. The highest BCUT2D eigenvalue weighted by Gasteiger charge is 2.22. The monoisotopic (exact) mass is 405 g/mol. The van der Waals surface area contributed by atoms with Crippen molar-refractivity contribution in [2.24, 2.45) is 0 Å². The summed E-state index contributed by atoms with van der Waals surface area (Å²) in [5, 5.41) is 8.01. The molecule has 4 aromatic rings. The second kappa shape index (κ2) is 7.66. The Labute approximate surface area is 170 Å². The van der Waals surface area contributed by atoms with E-state index in [-0.39, 0.29) is 24.6 Å². The Morgan fingerprint density at radius 2 is 1.80 bits per heavy atom. The summed E-state index contributed by atoms with van der Waals surface area (Å²) >= 11 is 0. The number of hydrogen-bond donors (Lipinski definition) is 2. The number of nitrogen functional groups attached to an aromatic ring is 1. The van der Waals surface area contributed by atoms with Crippen molar-refractivity contribution in [3.8, 4) is 0 Å². The van der Waals surface area contributed by atoms with Crippen LogP contribution in [0, 0.1) is 0 Å². The van der Waals surface area contributed by atoms with E-state index in [4.69, 9.17) is 5.73 Å². The number of carbonyl (C=O) groups is 1. The van der Waals surface area contributed by atoms with Gasteiger partial charge >= 0.3 is 5.69 Å². The molecule has 0 saturated carbocycles. The number of para-hydroxylation sites is 1. The van der Waals surface area contributed by atoms with Gasteiger partial charge < -0.3 is 10.6 Å². The molecule has 0 atom stereocenters. The molecule has 3 N–H and O–H groups in total. The van der Waals surface area contributed by atoms with Gasteiger partial charge in [0.15, 0.2) is 5.69 Å². The lowest BCUT2D eigenvalue weighted by molar-refractivity contribution is -0.119. The van der Waals surface area contributed by atoms with Crippen molar-refractivity contribution in [1.82, 2.24) is 24.5 Å². The Balaban J connectivity index is 1.67. The topological polar surface area (TPSA) is 132 Å². The van der Waals surface area contributed by atoms with Crippen LogP contribution in [0.15, 0.2) is 64.2 Å². The van der Waals surface area contributed by atoms with E-state index < -0.39 is 17.2 Å². The van der Waals surface area contributed by atoms with Crippen LogP contribution in [0.4, 0.5) is 11.5 Å². The zero-order valence-corrected chi connectivity index (χ0v) is 16.1. The van der Waals surface area contributed by atoms with Gasteiger partial charge in [0.05, 0.1) is 12.1 Å². The minimum absolute atomic E-state index is 0.0908. The van der Waals surface area contributed by atoms with Crippen molar-refractivity contribution < 1.29 is 4.79 Å². The third-order valence-electron chi connectivity index (χ3n) is 4.81. The molecule has 1 amide bonds. The number of H-pyrrole nitrogens is 1. The van der Waals surface area contributed by atoms with Gasteiger partial charge in [0.25, 0.3) is 5.56 Å². The summed E-state index contributed by atoms with van der Waals surface area (Å²) in [6.45, 7) is 0.0126. The van der Waals surface area contributed by atoms with Gasteiger partial charge in [0.2, 0.25) is 5.91 Å². The summed E-state index contributed by atoms with van der Waals surface area (Å²) in [7, 11) is 1.43. The molecule has 2 aromatic carbocycles. The molecule has 2 heterocycles. The van der Waals surface area contributed by atoms with E-state index >= 15 is 0 Å². The maximum Gasteiger partial charge on any atom is 0.330 e. The molecule has 0 saturated heterocycles. The minimum Gasteiger partial charge on any atom is -0.383 e. The Morgan fingerprint density at radius 1 is 1.10 bits per heavy atom. The van der Waals surface area contributed by atoms with Gasteiger partial charge in [-0.3, -0.25) is 19.1 Å². The van der Waals surface area contributed by atoms with E-state index in [1.54, 1.807) is 12.1 Å². The number of nitrogens with one attached hydrogen (secondary N) is 1. The van der Waals surface area contributed by atoms with E-state index in [1.807, 2.05) is 42.5 Å². The molecule has 0 unspecified atom stereocenters. The first-order chi connectivity index (χ1) is 14.5. The standard InChI is InChI=1S/C20H19N7O3/c1-25(16(28)12-27-15-10-6-5-9-14(15)23-24-27)17-18(21)26(20(30)22-19(17)29)11-13-7-3-2-4-8-13/h2-10H,11-12,21H2,1H3,(H,22,29,30). The molecule has 30 heavy (non-hydrogen) atoms. The highest BCUT2D eigenvalue weighted by Crippen LogP contribution is 2.17. The van der Waals surface area contributed by atoms with Crippen LogP contribution >= 0.6 is 0 Å². The number of anilines is 2. The first-order valence-electron chi connectivity index (χ1n) is 9.17. The maximum absolute atomic E-state index is 12.9. The number of nitrogens with two attached hydrogens (primary N) is 1. The number of hydrogen-bond acceptors (Lipinski definition) is 6. The third-order valence-corrected chi connectivity index (χ3v) is 4.81. The van der Waals surface area contributed by atoms with Crippen molar-refractivity contribution in [3.63, 3.8) is 0 Å². The van der Waals surface area contributed by atoms with Gasteiger partial charge in [0, 0.05) is 7.05 Å². The van der Waals surface area contributed by atoms with Crippen LogP contribution in [0.1, 0.15) is 5.56 Å². The molecular weight excluding hydrogens is 386 g/mol. The van der Waals surface area contributed by atoms with Crippen molar-refractivity contribution in [2.75, 3.05) is 17.7 Å². The summed E-state index contributed by atoms with van der Waals surface area (Å²) in [6.07, 6.45) is 0. The smallest absolute Gasteiger partial charge is 0.330 e. The number of aromatic amines is 1. The van der Waals surface area contributed by atoms with Gasteiger partial charge in [-0.1, -0.05) is 47.7 Å². The molecule has 0 aliphatic heterocycles. The van der Waals surface area contributed by atoms with Crippen molar-refractivity contribution >= 4 is 28.4 Å². The van der Waals surface area contributed by atoms with Crippen LogP contribution < -0.4 is 21.9 Å². The fraction of sp³-hybridized carbons (Fsp3) is 0.150. The second-order valence-corrected chi connectivity index (χ2v) is 6.75. The number of nitrogens with zero attached hydrogens (tertiary/aromatic N) is 5. The number of amides is 1. The van der Waals surface area contributed by atoms with Crippen molar-refractivity contribution in [3.05, 3.63) is 81.0 Å². The first-order valence-corrected chi connectivity index (χ1v) is 9.17. The fourth-order valence-corrected chi connectivity index (χ4v) is 3.22. The van der Waals surface area contributed by atoms with Crippen molar-refractivity contribution in [1.29, 1.82) is 0 Å². The van der Waals surface area contributed by atoms with Gasteiger partial charge in [0.1, 0.15) is 17.9 Å². The van der Waals surface area contributed by atoms with Crippen molar-refractivity contribution in [2.45, 2.75) is 13.1 Å². The molecule has 0 aliphatic carbocycles. The molecule has 2 aromatic heterocycles. The number of benzene rings is 2. The van der Waals surface area contributed by atoms with Gasteiger partial charge in [-0.25, -0.2) is 9.48 Å². The fourth-order valence-electron chi connectivity index (χ4n) is 3.22. The third kappa shape index (κ3) is 3.46. The van der Waals surface area contributed by atoms with E-state index in [1.165, 1.54) is 16.3 Å². The number of rotatable bonds is 5. The molecule has 10 heteroatoms. The minimum atomic E-state index is -0.735. The van der Waals surface area contributed by atoms with Crippen LogP contribution in [0.2, 0.25) is 0 Å². The molecule has 0 spiro atoms. The van der Waals surface area contributed by atoms with Gasteiger partial charge in [-0.2, -0.15) is 0 Å². The molecule has 10 nitrogen and oxygen atoms in total. The van der Waals surface area contributed by atoms with Gasteiger partial charge in [-0.15, -0.1) is 5.10 Å². The highest BCUT2D eigenvalue weighted by atomic mass is 16.2. The Kier molecular flexibility index (Phi) is 4.88. The molecule has 0 radical (unpaired) electrons. The first kappa shape index (κ1) is 19.1. The Hall–Kier alpha value is -4.21. The average molecular weight is 405 g/mol. The SMILES string of the molecule is CN(C(=O)Cn1nnc2ccccc21)c1c(N)n(Cc2ccccc2)c(=O)[nH]c1=O. The highest BCUT2D eigenvalue weighted by molar-refractivity contribution is 5.95. The molecule has 152 valence electrons. The van der Waals surface area contributed by atoms with Crippen LogP contribution in [-0.2, 0) is 17.9 Å². The van der Waals surface area contributed by atoms with Crippen LogP contribution in [0.25, 0.3) is 11.0 Å². The van der Waals surface area contributed by atoms with Crippen LogP contribution in [-0.4, -0.2) is 37.5 Å². The number of fused-ring (bicyclic) bond motifs is 1. The summed E-state index contributed by atoms with van der Waals surface area (Å²) in [6, 6.07) is 16.4.